The van der Waals surface area contributed by atoms with Crippen LogP contribution in [0, 0.1) is 0 Å². The van der Waals surface area contributed by atoms with E-state index in [1.807, 2.05) is 6.26 Å². The highest BCUT2D eigenvalue weighted by molar-refractivity contribution is 7.98. The maximum absolute atomic E-state index is 11.4. The molecule has 1 atom stereocenters. The Morgan fingerprint density at radius 3 is 2.87 bits per heavy atom. The molecule has 0 unspecified atom stereocenters. The van der Waals surface area contributed by atoms with Crippen LogP contribution in [0.3, 0.4) is 0 Å². The van der Waals surface area contributed by atoms with E-state index in [4.69, 9.17) is 10.5 Å². The number of unbranched alkanes of at least 4 members (excludes halogenated alkanes) is 1. The SMILES string of the molecule is COCCCCNC(=O)[C@@H](N)CCSC. The number of carbonyl (C=O) groups excluding carboxylic acids is 1. The average Bonchev–Trinajstić information content (AvgIpc) is 2.25. The van der Waals surface area contributed by atoms with Crippen molar-refractivity contribution in [2.75, 3.05) is 32.3 Å². The van der Waals surface area contributed by atoms with Gasteiger partial charge in [-0.15, -0.1) is 0 Å². The Morgan fingerprint density at radius 1 is 1.53 bits per heavy atom. The number of nitrogens with two attached hydrogens (primary N) is 1. The van der Waals surface area contributed by atoms with Gasteiger partial charge in [0.25, 0.3) is 0 Å². The third-order valence-corrected chi connectivity index (χ3v) is 2.69. The summed E-state index contributed by atoms with van der Waals surface area (Å²) >= 11 is 1.71. The molecule has 0 aliphatic carbocycles. The summed E-state index contributed by atoms with van der Waals surface area (Å²) in [5.41, 5.74) is 5.69. The maximum atomic E-state index is 11.4. The van der Waals surface area contributed by atoms with Gasteiger partial charge in [0, 0.05) is 20.3 Å². The number of rotatable bonds is 9. The van der Waals surface area contributed by atoms with Gasteiger partial charge in [-0.2, -0.15) is 11.8 Å². The van der Waals surface area contributed by atoms with Crippen LogP contribution in [0.4, 0.5) is 0 Å². The Balaban J connectivity index is 3.38. The molecule has 0 fully saturated rings. The van der Waals surface area contributed by atoms with E-state index in [2.05, 4.69) is 5.32 Å². The first-order chi connectivity index (χ1) is 7.22. The Hall–Kier alpha value is -0.260. The van der Waals surface area contributed by atoms with Crippen molar-refractivity contribution in [3.8, 4) is 0 Å². The second-order valence-electron chi connectivity index (χ2n) is 3.38. The van der Waals surface area contributed by atoms with E-state index in [0.717, 1.165) is 31.6 Å². The summed E-state index contributed by atoms with van der Waals surface area (Å²) in [5.74, 6) is 0.889. The highest BCUT2D eigenvalue weighted by Gasteiger charge is 2.11. The lowest BCUT2D eigenvalue weighted by molar-refractivity contribution is -0.122. The molecule has 0 heterocycles. The van der Waals surface area contributed by atoms with Crippen LogP contribution in [-0.2, 0) is 9.53 Å². The van der Waals surface area contributed by atoms with Gasteiger partial charge in [-0.05, 0) is 31.3 Å². The Kier molecular flexibility index (Phi) is 10.1. The molecule has 0 bridgehead atoms. The summed E-state index contributed by atoms with van der Waals surface area (Å²) in [7, 11) is 1.68. The number of ether oxygens (including phenoxy) is 1. The van der Waals surface area contributed by atoms with Gasteiger partial charge in [-0.25, -0.2) is 0 Å². The van der Waals surface area contributed by atoms with E-state index < -0.39 is 0 Å². The number of carbonyl (C=O) groups is 1. The lowest BCUT2D eigenvalue weighted by Crippen LogP contribution is -2.41. The van der Waals surface area contributed by atoms with Crippen LogP contribution >= 0.6 is 11.8 Å². The van der Waals surface area contributed by atoms with E-state index in [-0.39, 0.29) is 11.9 Å². The molecule has 0 saturated heterocycles. The van der Waals surface area contributed by atoms with Crippen LogP contribution < -0.4 is 11.1 Å². The molecule has 3 N–H and O–H groups in total. The van der Waals surface area contributed by atoms with E-state index in [0.29, 0.717) is 6.54 Å². The third-order valence-electron chi connectivity index (χ3n) is 2.04. The second-order valence-corrected chi connectivity index (χ2v) is 4.36. The third kappa shape index (κ3) is 8.72. The van der Waals surface area contributed by atoms with E-state index in [1.54, 1.807) is 18.9 Å². The predicted molar refractivity (Wildman–Crippen MR) is 65.1 cm³/mol. The molecule has 0 rings (SSSR count). The molecule has 0 aromatic rings. The quantitative estimate of drug-likeness (QED) is 0.574. The maximum Gasteiger partial charge on any atom is 0.236 e. The van der Waals surface area contributed by atoms with Crippen LogP contribution in [0.2, 0.25) is 0 Å². The van der Waals surface area contributed by atoms with Crippen molar-refractivity contribution >= 4 is 17.7 Å². The highest BCUT2D eigenvalue weighted by atomic mass is 32.2. The molecule has 0 aliphatic rings. The van der Waals surface area contributed by atoms with Crippen LogP contribution in [-0.4, -0.2) is 44.2 Å². The monoisotopic (exact) mass is 234 g/mol. The van der Waals surface area contributed by atoms with Crippen molar-refractivity contribution in [2.45, 2.75) is 25.3 Å². The molecule has 0 saturated carbocycles. The van der Waals surface area contributed by atoms with E-state index >= 15 is 0 Å². The number of thioether (sulfide) groups is 1. The van der Waals surface area contributed by atoms with Gasteiger partial charge in [0.15, 0.2) is 0 Å². The largest absolute Gasteiger partial charge is 0.385 e. The van der Waals surface area contributed by atoms with E-state index in [9.17, 15) is 4.79 Å². The molecule has 1 amide bonds. The van der Waals surface area contributed by atoms with Crippen LogP contribution in [0.25, 0.3) is 0 Å². The molecule has 0 radical (unpaired) electrons. The van der Waals surface area contributed by atoms with Gasteiger partial charge in [0.2, 0.25) is 5.91 Å². The normalized spacial score (nSPS) is 12.5. The van der Waals surface area contributed by atoms with Crippen LogP contribution in [0.5, 0.6) is 0 Å². The molecule has 90 valence electrons. The average molecular weight is 234 g/mol. The van der Waals surface area contributed by atoms with Crippen molar-refractivity contribution in [3.05, 3.63) is 0 Å². The Morgan fingerprint density at radius 2 is 2.27 bits per heavy atom. The minimum absolute atomic E-state index is 0.0403. The number of hydrogen-bond acceptors (Lipinski definition) is 4. The van der Waals surface area contributed by atoms with Crippen LogP contribution in [0.15, 0.2) is 0 Å². The van der Waals surface area contributed by atoms with E-state index in [1.165, 1.54) is 0 Å². The molecule has 4 nitrogen and oxygen atoms in total. The molecule has 0 aromatic heterocycles. The smallest absolute Gasteiger partial charge is 0.236 e. The fourth-order valence-corrected chi connectivity index (χ4v) is 1.58. The topological polar surface area (TPSA) is 64.3 Å². The van der Waals surface area contributed by atoms with Crippen molar-refractivity contribution in [1.29, 1.82) is 0 Å². The zero-order valence-corrected chi connectivity index (χ0v) is 10.4. The van der Waals surface area contributed by atoms with Crippen LogP contribution in [0.1, 0.15) is 19.3 Å². The van der Waals surface area contributed by atoms with Crippen molar-refractivity contribution in [2.24, 2.45) is 5.73 Å². The zero-order chi connectivity index (χ0) is 11.5. The first kappa shape index (κ1) is 14.7. The minimum atomic E-state index is -0.361. The molecule has 15 heavy (non-hydrogen) atoms. The van der Waals surface area contributed by atoms with Crippen molar-refractivity contribution in [3.63, 3.8) is 0 Å². The molecule has 0 aliphatic heterocycles. The standard InChI is InChI=1S/C10H22N2O2S/c1-14-7-4-3-6-12-10(13)9(11)5-8-15-2/h9H,3-8,11H2,1-2H3,(H,12,13)/t9-/m0/s1. The number of methoxy groups -OCH3 is 1. The molecular weight excluding hydrogens is 212 g/mol. The number of nitrogens with one attached hydrogen (secondary N) is 1. The summed E-state index contributed by atoms with van der Waals surface area (Å²) in [4.78, 5) is 11.4. The number of amides is 1. The van der Waals surface area contributed by atoms with Gasteiger partial charge in [-0.3, -0.25) is 4.79 Å². The lowest BCUT2D eigenvalue weighted by atomic mass is 10.2. The summed E-state index contributed by atoms with van der Waals surface area (Å²) in [6, 6.07) is -0.361. The van der Waals surface area contributed by atoms with Gasteiger partial charge in [0.1, 0.15) is 0 Å². The summed E-state index contributed by atoms with van der Waals surface area (Å²) < 4.78 is 4.91. The fourth-order valence-electron chi connectivity index (χ4n) is 1.09. The number of hydrogen-bond donors (Lipinski definition) is 2. The second kappa shape index (κ2) is 10.3. The highest BCUT2D eigenvalue weighted by Crippen LogP contribution is 1.98. The first-order valence-corrected chi connectivity index (χ1v) is 6.63. The summed E-state index contributed by atoms with van der Waals surface area (Å²) in [6.45, 7) is 1.43. The van der Waals surface area contributed by atoms with Gasteiger partial charge < -0.3 is 15.8 Å². The first-order valence-electron chi connectivity index (χ1n) is 5.23. The van der Waals surface area contributed by atoms with Crippen molar-refractivity contribution in [1.82, 2.24) is 5.32 Å². The predicted octanol–water partition coefficient (Wildman–Crippen LogP) is 0.610. The molecular formula is C10H22N2O2S. The Bertz CT molecular complexity index is 168. The Labute approximate surface area is 96.3 Å². The molecule has 0 spiro atoms. The summed E-state index contributed by atoms with van der Waals surface area (Å²) in [6.07, 6.45) is 4.66. The fraction of sp³-hybridized carbons (Fsp3) is 0.900. The van der Waals surface area contributed by atoms with Gasteiger partial charge >= 0.3 is 0 Å². The molecule has 5 heteroatoms. The molecule has 0 aromatic carbocycles. The minimum Gasteiger partial charge on any atom is -0.385 e. The lowest BCUT2D eigenvalue weighted by Gasteiger charge is -2.11. The van der Waals surface area contributed by atoms with Gasteiger partial charge in [-0.1, -0.05) is 0 Å². The zero-order valence-electron chi connectivity index (χ0n) is 9.62. The van der Waals surface area contributed by atoms with Gasteiger partial charge in [0.05, 0.1) is 6.04 Å². The van der Waals surface area contributed by atoms with Crippen molar-refractivity contribution < 1.29 is 9.53 Å². The summed E-state index contributed by atoms with van der Waals surface area (Å²) in [5, 5.41) is 2.82.